The molecule has 0 amide bonds. The number of nitrogens with one attached hydrogen (secondary N) is 1. The van der Waals surface area contributed by atoms with Gasteiger partial charge in [0.05, 0.1) is 0 Å². The largest absolute Gasteiger partial charge is 0.317 e. The van der Waals surface area contributed by atoms with E-state index in [4.69, 9.17) is 0 Å². The van der Waals surface area contributed by atoms with E-state index in [1.165, 1.54) is 44.2 Å². The molecule has 0 heterocycles. The maximum Gasteiger partial charge on any atom is 0.0230 e. The highest BCUT2D eigenvalue weighted by Crippen LogP contribution is 2.24. The van der Waals surface area contributed by atoms with Crippen LogP contribution in [0.4, 0.5) is 0 Å². The Morgan fingerprint density at radius 3 is 2.58 bits per heavy atom. The Kier molecular flexibility index (Phi) is 5.87. The summed E-state index contributed by atoms with van der Waals surface area (Å²) in [6.07, 6.45) is 6.94. The molecule has 1 N–H and O–H groups in total. The molecule has 2 unspecified atom stereocenters. The molecule has 1 aromatic carbocycles. The average molecular weight is 260 g/mol. The van der Waals surface area contributed by atoms with Crippen LogP contribution in [0.15, 0.2) is 30.3 Å². The van der Waals surface area contributed by atoms with E-state index < -0.39 is 0 Å². The van der Waals surface area contributed by atoms with E-state index >= 15 is 0 Å². The molecule has 2 rings (SSSR count). The molecule has 1 fully saturated rings. The first-order valence-electron chi connectivity index (χ1n) is 7.69. The second kappa shape index (κ2) is 7.66. The molecule has 0 spiro atoms. The third kappa shape index (κ3) is 4.63. The Hall–Kier alpha value is -0.860. The predicted molar refractivity (Wildman–Crippen MR) is 82.2 cm³/mol. The summed E-state index contributed by atoms with van der Waals surface area (Å²) in [6, 6.07) is 11.5. The van der Waals surface area contributed by atoms with Gasteiger partial charge in [0.2, 0.25) is 0 Å². The van der Waals surface area contributed by atoms with E-state index in [0.29, 0.717) is 6.04 Å². The van der Waals surface area contributed by atoms with Gasteiger partial charge in [-0.25, -0.2) is 0 Å². The van der Waals surface area contributed by atoms with E-state index in [1.54, 1.807) is 0 Å². The minimum atomic E-state index is 0.709. The zero-order chi connectivity index (χ0) is 13.5. The summed E-state index contributed by atoms with van der Waals surface area (Å²) in [5.74, 6) is 0.807. The van der Waals surface area contributed by atoms with E-state index in [1.807, 2.05) is 0 Å². The molecule has 0 saturated heterocycles. The molecule has 1 aliphatic carbocycles. The molecule has 106 valence electrons. The third-order valence-electron chi connectivity index (χ3n) is 4.37. The van der Waals surface area contributed by atoms with Crippen LogP contribution in [0.2, 0.25) is 0 Å². The molecule has 19 heavy (non-hydrogen) atoms. The van der Waals surface area contributed by atoms with Crippen LogP contribution < -0.4 is 5.32 Å². The number of nitrogens with zero attached hydrogens (tertiary/aromatic N) is 1. The number of hydrogen-bond acceptors (Lipinski definition) is 2. The van der Waals surface area contributed by atoms with Crippen molar-refractivity contribution in [3.63, 3.8) is 0 Å². The summed E-state index contributed by atoms with van der Waals surface area (Å²) in [6.45, 7) is 2.27. The van der Waals surface area contributed by atoms with Gasteiger partial charge in [-0.3, -0.25) is 0 Å². The summed E-state index contributed by atoms with van der Waals surface area (Å²) in [4.78, 5) is 2.48. The lowest BCUT2D eigenvalue weighted by atomic mass is 9.94. The van der Waals surface area contributed by atoms with Gasteiger partial charge in [-0.2, -0.15) is 0 Å². The Morgan fingerprint density at radius 1 is 1.11 bits per heavy atom. The minimum absolute atomic E-state index is 0.709. The maximum atomic E-state index is 3.54. The molecular formula is C17H28N2. The van der Waals surface area contributed by atoms with E-state index in [-0.39, 0.29) is 0 Å². The van der Waals surface area contributed by atoms with Gasteiger partial charge in [0.15, 0.2) is 0 Å². The van der Waals surface area contributed by atoms with Crippen molar-refractivity contribution in [1.29, 1.82) is 0 Å². The van der Waals surface area contributed by atoms with Crippen molar-refractivity contribution in [3.8, 4) is 0 Å². The van der Waals surface area contributed by atoms with Crippen molar-refractivity contribution >= 4 is 0 Å². The van der Waals surface area contributed by atoms with E-state index in [0.717, 1.165) is 12.5 Å². The fourth-order valence-corrected chi connectivity index (χ4v) is 3.34. The first-order valence-corrected chi connectivity index (χ1v) is 7.69. The normalized spacial score (nSPS) is 24.4. The maximum absolute atomic E-state index is 3.54. The summed E-state index contributed by atoms with van der Waals surface area (Å²) in [7, 11) is 4.38. The number of hydrogen-bond donors (Lipinski definition) is 1. The summed E-state index contributed by atoms with van der Waals surface area (Å²) < 4.78 is 0. The van der Waals surface area contributed by atoms with Crippen molar-refractivity contribution in [2.24, 2.45) is 5.92 Å². The molecule has 0 aromatic heterocycles. The van der Waals surface area contributed by atoms with Gasteiger partial charge >= 0.3 is 0 Å². The zero-order valence-corrected chi connectivity index (χ0v) is 12.4. The molecule has 0 radical (unpaired) electrons. The van der Waals surface area contributed by atoms with Crippen LogP contribution in [0.5, 0.6) is 0 Å². The number of benzene rings is 1. The van der Waals surface area contributed by atoms with Gasteiger partial charge in [-0.05, 0) is 38.4 Å². The van der Waals surface area contributed by atoms with Gasteiger partial charge in [0, 0.05) is 19.1 Å². The van der Waals surface area contributed by atoms with Crippen molar-refractivity contribution in [2.75, 3.05) is 20.6 Å². The fraction of sp³-hybridized carbons (Fsp3) is 0.647. The lowest BCUT2D eigenvalue weighted by molar-refractivity contribution is 0.223. The summed E-state index contributed by atoms with van der Waals surface area (Å²) in [5.41, 5.74) is 1.42. The van der Waals surface area contributed by atoms with E-state index in [2.05, 4.69) is 54.6 Å². The standard InChI is InChI=1S/C17H28N2/c1-18-17-12-8-4-7-11-16(17)14-19(2)13-15-9-5-3-6-10-15/h3,5-6,9-10,16-18H,4,7-8,11-14H2,1-2H3. The molecule has 0 bridgehead atoms. The predicted octanol–water partition coefficient (Wildman–Crippen LogP) is 3.29. The van der Waals surface area contributed by atoms with Crippen LogP contribution in [0.25, 0.3) is 0 Å². The van der Waals surface area contributed by atoms with Crippen molar-refractivity contribution in [1.82, 2.24) is 10.2 Å². The van der Waals surface area contributed by atoms with Crippen molar-refractivity contribution < 1.29 is 0 Å². The fourth-order valence-electron chi connectivity index (χ4n) is 3.34. The molecule has 2 nitrogen and oxygen atoms in total. The molecular weight excluding hydrogens is 232 g/mol. The lowest BCUT2D eigenvalue weighted by Crippen LogP contribution is -2.39. The Balaban J connectivity index is 1.87. The van der Waals surface area contributed by atoms with Crippen LogP contribution in [0.1, 0.15) is 37.7 Å². The monoisotopic (exact) mass is 260 g/mol. The third-order valence-corrected chi connectivity index (χ3v) is 4.37. The van der Waals surface area contributed by atoms with Crippen molar-refractivity contribution in [2.45, 2.75) is 44.7 Å². The van der Waals surface area contributed by atoms with Gasteiger partial charge < -0.3 is 10.2 Å². The van der Waals surface area contributed by atoms with Crippen LogP contribution in [0, 0.1) is 5.92 Å². The smallest absolute Gasteiger partial charge is 0.0230 e. The zero-order valence-electron chi connectivity index (χ0n) is 12.4. The molecule has 1 aliphatic rings. The second-order valence-corrected chi connectivity index (χ2v) is 5.98. The Morgan fingerprint density at radius 2 is 1.84 bits per heavy atom. The highest BCUT2D eigenvalue weighted by Gasteiger charge is 2.23. The van der Waals surface area contributed by atoms with Crippen LogP contribution in [-0.4, -0.2) is 31.6 Å². The van der Waals surface area contributed by atoms with Gasteiger partial charge in [-0.1, -0.05) is 49.6 Å². The topological polar surface area (TPSA) is 15.3 Å². The highest BCUT2D eigenvalue weighted by atomic mass is 15.1. The first-order chi connectivity index (χ1) is 9.29. The average Bonchev–Trinajstić information content (AvgIpc) is 2.64. The van der Waals surface area contributed by atoms with Gasteiger partial charge in [0.25, 0.3) is 0 Å². The van der Waals surface area contributed by atoms with Crippen LogP contribution >= 0.6 is 0 Å². The summed E-state index contributed by atoms with van der Waals surface area (Å²) in [5, 5.41) is 3.54. The SMILES string of the molecule is CNC1CCCCCC1CN(C)Cc1ccccc1. The quantitative estimate of drug-likeness (QED) is 0.817. The molecule has 1 saturated carbocycles. The van der Waals surface area contributed by atoms with Crippen LogP contribution in [0.3, 0.4) is 0 Å². The molecule has 2 atom stereocenters. The highest BCUT2D eigenvalue weighted by molar-refractivity contribution is 5.14. The van der Waals surface area contributed by atoms with Gasteiger partial charge in [-0.15, -0.1) is 0 Å². The Bertz CT molecular complexity index is 350. The van der Waals surface area contributed by atoms with Gasteiger partial charge in [0.1, 0.15) is 0 Å². The second-order valence-electron chi connectivity index (χ2n) is 5.98. The molecule has 2 heteroatoms. The molecule has 0 aliphatic heterocycles. The van der Waals surface area contributed by atoms with E-state index in [9.17, 15) is 0 Å². The lowest BCUT2D eigenvalue weighted by Gasteiger charge is -2.29. The summed E-state index contributed by atoms with van der Waals surface area (Å²) >= 11 is 0. The molecule has 1 aromatic rings. The number of rotatable bonds is 5. The van der Waals surface area contributed by atoms with Crippen LogP contribution in [-0.2, 0) is 6.54 Å². The minimum Gasteiger partial charge on any atom is -0.317 e. The first kappa shape index (κ1) is 14.5. The van der Waals surface area contributed by atoms with Crippen molar-refractivity contribution in [3.05, 3.63) is 35.9 Å². The Labute approximate surface area is 118 Å².